The van der Waals surface area contributed by atoms with Gasteiger partial charge in [0.05, 0.1) is 0 Å². The number of halogens is 1. The highest BCUT2D eigenvalue weighted by molar-refractivity contribution is 5.96. The smallest absolute Gasteiger partial charge is 0.164 e. The van der Waals surface area contributed by atoms with Crippen molar-refractivity contribution >= 4 is 18.2 Å². The van der Waals surface area contributed by atoms with Crippen LogP contribution in [-0.2, 0) is 0 Å². The Morgan fingerprint density at radius 3 is 2.78 bits per heavy atom. The van der Waals surface area contributed by atoms with Crippen LogP contribution in [0, 0.1) is 0 Å². The molecule has 100 valence electrons. The molecule has 1 aliphatic rings. The van der Waals surface area contributed by atoms with Gasteiger partial charge in [-0.1, -0.05) is 30.3 Å². The van der Waals surface area contributed by atoms with Crippen LogP contribution in [0.5, 0.6) is 0 Å². The van der Waals surface area contributed by atoms with Gasteiger partial charge >= 0.3 is 0 Å². The monoisotopic (exact) mass is 268 g/mol. The van der Waals surface area contributed by atoms with E-state index in [4.69, 9.17) is 0 Å². The van der Waals surface area contributed by atoms with E-state index in [1.165, 1.54) is 12.8 Å². The van der Waals surface area contributed by atoms with Crippen LogP contribution in [0.25, 0.3) is 0 Å². The molecule has 3 nitrogen and oxygen atoms in total. The molecule has 0 amide bonds. The summed E-state index contributed by atoms with van der Waals surface area (Å²) >= 11 is 0. The van der Waals surface area contributed by atoms with Crippen LogP contribution >= 0.6 is 12.4 Å². The molecular formula is C14H21ClN2O. The van der Waals surface area contributed by atoms with E-state index in [9.17, 15) is 4.79 Å². The van der Waals surface area contributed by atoms with Crippen LogP contribution in [0.2, 0.25) is 0 Å². The maximum absolute atomic E-state index is 11.8. The van der Waals surface area contributed by atoms with Gasteiger partial charge in [-0.25, -0.2) is 0 Å². The van der Waals surface area contributed by atoms with E-state index in [2.05, 4.69) is 10.6 Å². The summed E-state index contributed by atoms with van der Waals surface area (Å²) in [7, 11) is 0. The van der Waals surface area contributed by atoms with E-state index in [1.54, 1.807) is 0 Å². The summed E-state index contributed by atoms with van der Waals surface area (Å²) in [5.41, 5.74) is 0.816. The van der Waals surface area contributed by atoms with Gasteiger partial charge in [-0.15, -0.1) is 12.4 Å². The highest BCUT2D eigenvalue weighted by Crippen LogP contribution is 2.04. The molecule has 1 aliphatic heterocycles. The number of carbonyl (C=O) groups is 1. The highest BCUT2D eigenvalue weighted by Gasteiger charge is 2.12. The molecule has 1 unspecified atom stereocenters. The molecule has 0 spiro atoms. The van der Waals surface area contributed by atoms with Crippen molar-refractivity contribution in [2.24, 2.45) is 0 Å². The molecule has 18 heavy (non-hydrogen) atoms. The fraction of sp³-hybridized carbons (Fsp3) is 0.500. The zero-order chi connectivity index (χ0) is 11.9. The lowest BCUT2D eigenvalue weighted by Crippen LogP contribution is -2.43. The second kappa shape index (κ2) is 8.25. The quantitative estimate of drug-likeness (QED) is 0.803. The van der Waals surface area contributed by atoms with Crippen LogP contribution in [0.1, 0.15) is 29.6 Å². The molecule has 0 aliphatic carbocycles. The molecule has 1 aromatic carbocycles. The van der Waals surface area contributed by atoms with E-state index in [1.807, 2.05) is 30.3 Å². The van der Waals surface area contributed by atoms with Crippen molar-refractivity contribution in [2.45, 2.75) is 25.3 Å². The first-order valence-electron chi connectivity index (χ1n) is 6.38. The Bertz CT molecular complexity index is 350. The number of ketones is 1. The number of nitrogens with one attached hydrogen (secondary N) is 2. The molecule has 0 saturated carbocycles. The molecule has 1 saturated heterocycles. The molecule has 1 atom stereocenters. The van der Waals surface area contributed by atoms with E-state index >= 15 is 0 Å². The molecule has 1 fully saturated rings. The van der Waals surface area contributed by atoms with Crippen molar-refractivity contribution in [3.05, 3.63) is 35.9 Å². The third-order valence-electron chi connectivity index (χ3n) is 3.18. The predicted octanol–water partition coefficient (Wildman–Crippen LogP) is 2.02. The minimum Gasteiger partial charge on any atom is -0.315 e. The summed E-state index contributed by atoms with van der Waals surface area (Å²) in [5.74, 6) is 0.224. The highest BCUT2D eigenvalue weighted by atomic mass is 35.5. The van der Waals surface area contributed by atoms with Crippen LogP contribution in [-0.4, -0.2) is 31.5 Å². The lowest BCUT2D eigenvalue weighted by Gasteiger charge is -2.23. The van der Waals surface area contributed by atoms with Gasteiger partial charge in [-0.05, 0) is 19.4 Å². The Balaban J connectivity index is 0.00000162. The second-order valence-corrected chi connectivity index (χ2v) is 4.54. The maximum atomic E-state index is 11.8. The fourth-order valence-corrected chi connectivity index (χ4v) is 2.18. The molecule has 1 aromatic rings. The van der Waals surface area contributed by atoms with Gasteiger partial charge in [0.2, 0.25) is 0 Å². The third-order valence-corrected chi connectivity index (χ3v) is 3.18. The number of hydrogen-bond donors (Lipinski definition) is 2. The van der Waals surface area contributed by atoms with Gasteiger partial charge in [-0.2, -0.15) is 0 Å². The van der Waals surface area contributed by atoms with Crippen LogP contribution in [0.4, 0.5) is 0 Å². The summed E-state index contributed by atoms with van der Waals surface area (Å²) in [5, 5.41) is 6.80. The molecule has 1 heterocycles. The molecule has 2 N–H and O–H groups in total. The number of benzene rings is 1. The average Bonchev–Trinajstić information content (AvgIpc) is 2.41. The standard InChI is InChI=1S/C14H20N2O.ClH/c17-14(12-5-2-1-3-6-12)8-10-16-13-7-4-9-15-11-13;/h1-3,5-6,13,15-16H,4,7-11H2;1H. The first-order chi connectivity index (χ1) is 8.36. The number of Topliss-reactive ketones (excluding diaryl/α,β-unsaturated/α-hetero) is 1. The number of carbonyl (C=O) groups excluding carboxylic acids is 1. The van der Waals surface area contributed by atoms with Crippen molar-refractivity contribution in [3.8, 4) is 0 Å². The Morgan fingerprint density at radius 1 is 1.33 bits per heavy atom. The first-order valence-corrected chi connectivity index (χ1v) is 6.38. The lowest BCUT2D eigenvalue weighted by atomic mass is 10.1. The van der Waals surface area contributed by atoms with Gasteiger partial charge in [0.1, 0.15) is 0 Å². The lowest BCUT2D eigenvalue weighted by molar-refractivity contribution is 0.0981. The van der Waals surface area contributed by atoms with Crippen LogP contribution in [0.15, 0.2) is 30.3 Å². The van der Waals surface area contributed by atoms with E-state index in [0.29, 0.717) is 12.5 Å². The Hall–Kier alpha value is -0.900. The maximum Gasteiger partial charge on any atom is 0.164 e. The molecular weight excluding hydrogens is 248 g/mol. The Kier molecular flexibility index (Phi) is 6.94. The van der Waals surface area contributed by atoms with E-state index < -0.39 is 0 Å². The van der Waals surface area contributed by atoms with E-state index in [-0.39, 0.29) is 18.2 Å². The predicted molar refractivity (Wildman–Crippen MR) is 76.5 cm³/mol. The minimum absolute atomic E-state index is 0. The van der Waals surface area contributed by atoms with Crippen molar-refractivity contribution in [1.29, 1.82) is 0 Å². The number of rotatable bonds is 5. The summed E-state index contributed by atoms with van der Waals surface area (Å²) < 4.78 is 0. The molecule has 0 radical (unpaired) electrons. The zero-order valence-corrected chi connectivity index (χ0v) is 11.3. The van der Waals surface area contributed by atoms with Crippen molar-refractivity contribution in [3.63, 3.8) is 0 Å². The topological polar surface area (TPSA) is 41.1 Å². The molecule has 4 heteroatoms. The summed E-state index contributed by atoms with van der Waals surface area (Å²) in [6, 6.07) is 10.0. The minimum atomic E-state index is 0. The summed E-state index contributed by atoms with van der Waals surface area (Å²) in [6.45, 7) is 2.93. The van der Waals surface area contributed by atoms with Crippen LogP contribution in [0.3, 0.4) is 0 Å². The number of piperidine rings is 1. The largest absolute Gasteiger partial charge is 0.315 e. The van der Waals surface area contributed by atoms with Crippen molar-refractivity contribution < 1.29 is 4.79 Å². The molecule has 2 rings (SSSR count). The SMILES string of the molecule is Cl.O=C(CCNC1CCCNC1)c1ccccc1. The first kappa shape index (κ1) is 15.2. The van der Waals surface area contributed by atoms with Gasteiger partial charge < -0.3 is 10.6 Å². The molecule has 0 aromatic heterocycles. The molecule has 0 bridgehead atoms. The van der Waals surface area contributed by atoms with Gasteiger partial charge in [0, 0.05) is 31.1 Å². The third kappa shape index (κ3) is 4.77. The van der Waals surface area contributed by atoms with Gasteiger partial charge in [-0.3, -0.25) is 4.79 Å². The van der Waals surface area contributed by atoms with Crippen molar-refractivity contribution in [1.82, 2.24) is 10.6 Å². The normalized spacial score (nSPS) is 19.0. The zero-order valence-electron chi connectivity index (χ0n) is 10.5. The van der Waals surface area contributed by atoms with Crippen LogP contribution < -0.4 is 10.6 Å². The Labute approximate surface area is 115 Å². The average molecular weight is 269 g/mol. The summed E-state index contributed by atoms with van der Waals surface area (Å²) in [4.78, 5) is 11.8. The Morgan fingerprint density at radius 2 is 2.11 bits per heavy atom. The fourth-order valence-electron chi connectivity index (χ4n) is 2.18. The second-order valence-electron chi connectivity index (χ2n) is 4.54. The van der Waals surface area contributed by atoms with Gasteiger partial charge in [0.15, 0.2) is 5.78 Å². The van der Waals surface area contributed by atoms with E-state index in [0.717, 1.165) is 25.2 Å². The van der Waals surface area contributed by atoms with Crippen molar-refractivity contribution in [2.75, 3.05) is 19.6 Å². The number of hydrogen-bond acceptors (Lipinski definition) is 3. The van der Waals surface area contributed by atoms with Gasteiger partial charge in [0.25, 0.3) is 0 Å². The summed E-state index contributed by atoms with van der Waals surface area (Å²) in [6.07, 6.45) is 3.03.